The highest BCUT2D eigenvalue weighted by Gasteiger charge is 2.19. The number of hydrogen-bond donors (Lipinski definition) is 2. The Balaban J connectivity index is 1.98. The maximum Gasteiger partial charge on any atom is 0.263 e. The third-order valence-corrected chi connectivity index (χ3v) is 4.19. The van der Waals surface area contributed by atoms with Gasteiger partial charge in [-0.3, -0.25) is 4.79 Å². The predicted molar refractivity (Wildman–Crippen MR) is 92.9 cm³/mol. The van der Waals surface area contributed by atoms with Crippen LogP contribution in [0.2, 0.25) is 0 Å². The van der Waals surface area contributed by atoms with Gasteiger partial charge in [0.25, 0.3) is 5.91 Å². The Kier molecular flexibility index (Phi) is 5.44. The molecule has 0 bridgehead atoms. The third kappa shape index (κ3) is 4.85. The van der Waals surface area contributed by atoms with Gasteiger partial charge >= 0.3 is 0 Å². The summed E-state index contributed by atoms with van der Waals surface area (Å²) < 4.78 is 0. The van der Waals surface area contributed by atoms with Crippen molar-refractivity contribution in [2.24, 2.45) is 0 Å². The first-order valence-electron chi connectivity index (χ1n) is 8.18. The molecule has 1 aromatic rings. The molecule has 0 saturated heterocycles. The lowest BCUT2D eigenvalue weighted by Crippen LogP contribution is -2.33. The largest absolute Gasteiger partial charge is 0.360 e. The molecule has 122 valence electrons. The van der Waals surface area contributed by atoms with Crippen molar-refractivity contribution in [1.82, 2.24) is 5.32 Å². The van der Waals surface area contributed by atoms with Crippen molar-refractivity contribution in [3.05, 3.63) is 41.6 Å². The molecule has 0 spiro atoms. The molecule has 0 unspecified atom stereocenters. The molecular weight excluding hydrogens is 286 g/mol. The summed E-state index contributed by atoms with van der Waals surface area (Å²) in [6.45, 7) is 6.49. The predicted octanol–water partition coefficient (Wildman–Crippen LogP) is 3.86. The summed E-state index contributed by atoms with van der Waals surface area (Å²) in [5.74, 6) is -0.293. The zero-order valence-electron chi connectivity index (χ0n) is 14.1. The molecule has 4 heteroatoms. The van der Waals surface area contributed by atoms with Crippen LogP contribution in [0.25, 0.3) is 0 Å². The lowest BCUT2D eigenvalue weighted by Gasteiger charge is -2.19. The van der Waals surface area contributed by atoms with Gasteiger partial charge in [0.15, 0.2) is 0 Å². The smallest absolute Gasteiger partial charge is 0.263 e. The summed E-state index contributed by atoms with van der Waals surface area (Å²) >= 11 is 0. The van der Waals surface area contributed by atoms with Gasteiger partial charge in [-0.2, -0.15) is 5.26 Å². The van der Waals surface area contributed by atoms with Crippen LogP contribution < -0.4 is 10.6 Å². The van der Waals surface area contributed by atoms with Crippen LogP contribution in [0.3, 0.4) is 0 Å². The van der Waals surface area contributed by atoms with Crippen molar-refractivity contribution in [1.29, 1.82) is 5.26 Å². The number of hydrogen-bond acceptors (Lipinski definition) is 3. The van der Waals surface area contributed by atoms with E-state index in [9.17, 15) is 10.1 Å². The second-order valence-electron chi connectivity index (χ2n) is 7.10. The topological polar surface area (TPSA) is 64.9 Å². The first-order chi connectivity index (χ1) is 10.9. The van der Waals surface area contributed by atoms with E-state index in [1.165, 1.54) is 11.8 Å². The fraction of sp³-hybridized carbons (Fsp3) is 0.474. The van der Waals surface area contributed by atoms with Crippen LogP contribution in [0.1, 0.15) is 52.0 Å². The Bertz CT molecular complexity index is 612. The standard InChI is InChI=1S/C19H25N3O/c1-19(2,3)15-8-10-16(11-9-15)21-13-14(12-20)18(23)22-17-6-4-5-7-17/h8-11,13,17,21H,4-7H2,1-3H3,(H,22,23)/b14-13-. The van der Waals surface area contributed by atoms with Gasteiger partial charge in [-0.25, -0.2) is 0 Å². The monoisotopic (exact) mass is 311 g/mol. The normalized spacial score (nSPS) is 16.0. The zero-order chi connectivity index (χ0) is 16.9. The van der Waals surface area contributed by atoms with Crippen LogP contribution in [0, 0.1) is 11.3 Å². The van der Waals surface area contributed by atoms with E-state index in [4.69, 9.17) is 0 Å². The van der Waals surface area contributed by atoms with Crippen molar-refractivity contribution < 1.29 is 4.79 Å². The lowest BCUT2D eigenvalue weighted by molar-refractivity contribution is -0.117. The first kappa shape index (κ1) is 17.1. The van der Waals surface area contributed by atoms with E-state index < -0.39 is 0 Å². The Morgan fingerprint density at radius 2 is 1.83 bits per heavy atom. The van der Waals surface area contributed by atoms with E-state index in [2.05, 4.69) is 43.5 Å². The highest BCUT2D eigenvalue weighted by molar-refractivity contribution is 5.97. The summed E-state index contributed by atoms with van der Waals surface area (Å²) in [6.07, 6.45) is 5.79. The van der Waals surface area contributed by atoms with Gasteiger partial charge in [-0.05, 0) is 36.0 Å². The van der Waals surface area contributed by atoms with Crippen LogP contribution in [-0.4, -0.2) is 11.9 Å². The number of benzene rings is 1. The van der Waals surface area contributed by atoms with Gasteiger partial charge in [0.05, 0.1) is 0 Å². The molecule has 1 saturated carbocycles. The first-order valence-corrected chi connectivity index (χ1v) is 8.18. The van der Waals surface area contributed by atoms with E-state index in [0.29, 0.717) is 0 Å². The molecule has 0 radical (unpaired) electrons. The van der Waals surface area contributed by atoms with Crippen LogP contribution in [-0.2, 0) is 10.2 Å². The van der Waals surface area contributed by atoms with Crippen LogP contribution in [0.4, 0.5) is 5.69 Å². The van der Waals surface area contributed by atoms with E-state index in [1.54, 1.807) is 0 Å². The maximum absolute atomic E-state index is 12.1. The summed E-state index contributed by atoms with van der Waals surface area (Å²) in [5, 5.41) is 15.1. The number of amides is 1. The Labute approximate surface area is 138 Å². The van der Waals surface area contributed by atoms with Gasteiger partial charge in [0.2, 0.25) is 0 Å². The molecule has 23 heavy (non-hydrogen) atoms. The van der Waals surface area contributed by atoms with Crippen molar-refractivity contribution in [2.45, 2.75) is 57.9 Å². The van der Waals surface area contributed by atoms with E-state index in [0.717, 1.165) is 31.4 Å². The lowest BCUT2D eigenvalue weighted by atomic mass is 9.87. The van der Waals surface area contributed by atoms with Crippen LogP contribution in [0.15, 0.2) is 36.0 Å². The number of nitrogens with one attached hydrogen (secondary N) is 2. The maximum atomic E-state index is 12.1. The Morgan fingerprint density at radius 3 is 2.35 bits per heavy atom. The Hall–Kier alpha value is -2.28. The number of anilines is 1. The minimum absolute atomic E-state index is 0.105. The molecule has 0 aromatic heterocycles. The summed E-state index contributed by atoms with van der Waals surface area (Å²) in [5.41, 5.74) is 2.32. The average molecular weight is 311 g/mol. The summed E-state index contributed by atoms with van der Waals surface area (Å²) in [4.78, 5) is 12.1. The van der Waals surface area contributed by atoms with E-state index in [1.807, 2.05) is 18.2 Å². The van der Waals surface area contributed by atoms with Crippen LogP contribution in [0.5, 0.6) is 0 Å². The van der Waals surface area contributed by atoms with Crippen molar-refractivity contribution in [3.63, 3.8) is 0 Å². The molecule has 2 N–H and O–H groups in total. The minimum atomic E-state index is -0.293. The molecule has 0 aliphatic heterocycles. The highest BCUT2D eigenvalue weighted by atomic mass is 16.1. The van der Waals surface area contributed by atoms with Gasteiger partial charge in [0.1, 0.15) is 11.6 Å². The molecule has 1 aliphatic carbocycles. The van der Waals surface area contributed by atoms with Crippen molar-refractivity contribution >= 4 is 11.6 Å². The zero-order valence-corrected chi connectivity index (χ0v) is 14.1. The Morgan fingerprint density at radius 1 is 1.22 bits per heavy atom. The molecule has 0 atom stereocenters. The quantitative estimate of drug-likeness (QED) is 0.655. The second kappa shape index (κ2) is 7.32. The molecule has 1 fully saturated rings. The number of nitrogens with zero attached hydrogens (tertiary/aromatic N) is 1. The molecule has 0 heterocycles. The summed E-state index contributed by atoms with van der Waals surface area (Å²) in [6, 6.07) is 10.2. The van der Waals surface area contributed by atoms with E-state index in [-0.39, 0.29) is 22.9 Å². The number of carbonyl (C=O) groups excluding carboxylic acids is 1. The fourth-order valence-corrected chi connectivity index (χ4v) is 2.70. The summed E-state index contributed by atoms with van der Waals surface area (Å²) in [7, 11) is 0. The second-order valence-corrected chi connectivity index (χ2v) is 7.10. The molecule has 1 amide bonds. The van der Waals surface area contributed by atoms with Gasteiger partial charge in [-0.15, -0.1) is 0 Å². The average Bonchev–Trinajstić information content (AvgIpc) is 3.00. The number of carbonyl (C=O) groups is 1. The number of nitriles is 1. The molecule has 1 aliphatic rings. The minimum Gasteiger partial charge on any atom is -0.360 e. The molecular formula is C19H25N3O. The molecule has 1 aromatic carbocycles. The van der Waals surface area contributed by atoms with Gasteiger partial charge in [-0.1, -0.05) is 45.7 Å². The fourth-order valence-electron chi connectivity index (χ4n) is 2.70. The molecule has 4 nitrogen and oxygen atoms in total. The van der Waals surface area contributed by atoms with Crippen LogP contribution >= 0.6 is 0 Å². The SMILES string of the molecule is CC(C)(C)c1ccc(N/C=C(/C#N)C(=O)NC2CCCC2)cc1. The van der Waals surface area contributed by atoms with Crippen molar-refractivity contribution in [3.8, 4) is 6.07 Å². The molecule has 2 rings (SSSR count). The van der Waals surface area contributed by atoms with Gasteiger partial charge in [0, 0.05) is 17.9 Å². The van der Waals surface area contributed by atoms with Gasteiger partial charge < -0.3 is 10.6 Å². The van der Waals surface area contributed by atoms with E-state index >= 15 is 0 Å². The highest BCUT2D eigenvalue weighted by Crippen LogP contribution is 2.23. The van der Waals surface area contributed by atoms with Crippen molar-refractivity contribution in [2.75, 3.05) is 5.32 Å². The number of rotatable bonds is 4. The third-order valence-electron chi connectivity index (χ3n) is 4.19.